The Morgan fingerprint density at radius 2 is 2.03 bits per heavy atom. The summed E-state index contributed by atoms with van der Waals surface area (Å²) in [7, 11) is 0. The van der Waals surface area contributed by atoms with Crippen molar-refractivity contribution in [2.75, 3.05) is 16.4 Å². The molecule has 0 radical (unpaired) electrons. The fraction of sp³-hybridized carbons (Fsp3) is 0.348. The van der Waals surface area contributed by atoms with Crippen molar-refractivity contribution in [3.05, 3.63) is 63.0 Å². The van der Waals surface area contributed by atoms with Gasteiger partial charge >= 0.3 is 0 Å². The standard InChI is InChI=1S/C23H27N5OS2/c1-5-6-12-31-23-26-22-24-16(4)18(21(29)25-17-10-8-7-9-14(17)2)19(28(22)27-23)20-15(3)11-13-30-20/h7-11,13,19H,5-6,12H2,1-4H3,(H,25,29)(H,24,26,27). The molecule has 8 heteroatoms. The summed E-state index contributed by atoms with van der Waals surface area (Å²) in [4.78, 5) is 19.3. The fourth-order valence-electron chi connectivity index (χ4n) is 3.60. The van der Waals surface area contributed by atoms with Crippen molar-refractivity contribution in [3.8, 4) is 0 Å². The molecule has 2 aromatic heterocycles. The van der Waals surface area contributed by atoms with E-state index in [4.69, 9.17) is 10.1 Å². The second kappa shape index (κ2) is 9.28. The van der Waals surface area contributed by atoms with Gasteiger partial charge in [-0.3, -0.25) is 4.79 Å². The summed E-state index contributed by atoms with van der Waals surface area (Å²) in [6, 6.07) is 9.59. The SMILES string of the molecule is CCCCSc1nc2n(n1)C(c1sccc1C)C(C(=O)Nc1ccccc1C)=C(C)N2. The largest absolute Gasteiger partial charge is 0.328 e. The molecule has 4 rings (SSSR count). The van der Waals surface area contributed by atoms with Crippen LogP contribution in [0.5, 0.6) is 0 Å². The molecule has 1 unspecified atom stereocenters. The number of allylic oxidation sites excluding steroid dienone is 1. The van der Waals surface area contributed by atoms with Crippen molar-refractivity contribution in [3.63, 3.8) is 0 Å². The molecule has 1 atom stereocenters. The van der Waals surface area contributed by atoms with E-state index in [1.807, 2.05) is 42.8 Å². The van der Waals surface area contributed by atoms with Gasteiger partial charge in [0.25, 0.3) is 5.91 Å². The molecule has 0 fully saturated rings. The summed E-state index contributed by atoms with van der Waals surface area (Å²) in [6.45, 7) is 8.18. The summed E-state index contributed by atoms with van der Waals surface area (Å²) < 4.78 is 1.87. The average Bonchev–Trinajstić information content (AvgIpc) is 3.34. The Balaban J connectivity index is 1.73. The number of carbonyl (C=O) groups excluding carboxylic acids is 1. The van der Waals surface area contributed by atoms with Crippen molar-refractivity contribution in [2.45, 2.75) is 51.7 Å². The third kappa shape index (κ3) is 4.41. The number of para-hydroxylation sites is 1. The third-order valence-corrected chi connectivity index (χ3v) is 7.35. The summed E-state index contributed by atoms with van der Waals surface area (Å²) >= 11 is 3.30. The number of rotatable bonds is 7. The minimum atomic E-state index is -0.312. The summed E-state index contributed by atoms with van der Waals surface area (Å²) in [5, 5.41) is 14.0. The van der Waals surface area contributed by atoms with Gasteiger partial charge in [-0.05, 0) is 55.8 Å². The number of aromatic nitrogens is 3. The molecule has 1 aliphatic rings. The molecule has 1 amide bonds. The molecule has 1 aromatic carbocycles. The number of thioether (sulfide) groups is 1. The Bertz CT molecular complexity index is 1130. The predicted octanol–water partition coefficient (Wildman–Crippen LogP) is 5.78. The van der Waals surface area contributed by atoms with E-state index in [0.717, 1.165) is 51.1 Å². The number of fused-ring (bicyclic) bond motifs is 1. The topological polar surface area (TPSA) is 71.8 Å². The second-order valence-corrected chi connectivity index (χ2v) is 9.68. The maximum Gasteiger partial charge on any atom is 0.255 e. The lowest BCUT2D eigenvalue weighted by Crippen LogP contribution is -2.31. The molecule has 0 saturated heterocycles. The van der Waals surface area contributed by atoms with E-state index < -0.39 is 0 Å². The van der Waals surface area contributed by atoms with Gasteiger partial charge < -0.3 is 10.6 Å². The lowest BCUT2D eigenvalue weighted by Gasteiger charge is -2.28. The second-order valence-electron chi connectivity index (χ2n) is 7.67. The van der Waals surface area contributed by atoms with Crippen LogP contribution in [-0.2, 0) is 4.79 Å². The summed E-state index contributed by atoms with van der Waals surface area (Å²) in [5.41, 5.74) is 4.45. The Morgan fingerprint density at radius 3 is 2.74 bits per heavy atom. The Morgan fingerprint density at radius 1 is 1.23 bits per heavy atom. The van der Waals surface area contributed by atoms with E-state index in [1.165, 1.54) is 0 Å². The summed E-state index contributed by atoms with van der Waals surface area (Å²) in [6.07, 6.45) is 2.26. The molecular weight excluding hydrogens is 426 g/mol. The molecular formula is C23H27N5OS2. The van der Waals surface area contributed by atoms with E-state index in [0.29, 0.717) is 11.5 Å². The lowest BCUT2D eigenvalue weighted by atomic mass is 9.98. The van der Waals surface area contributed by atoms with Gasteiger partial charge in [0.05, 0.1) is 5.57 Å². The highest BCUT2D eigenvalue weighted by molar-refractivity contribution is 7.99. The fourth-order valence-corrected chi connectivity index (χ4v) is 5.54. The molecule has 3 aromatic rings. The van der Waals surface area contributed by atoms with Crippen LogP contribution in [0.3, 0.4) is 0 Å². The number of nitrogens with zero attached hydrogens (tertiary/aromatic N) is 3. The number of nitrogens with one attached hydrogen (secondary N) is 2. The number of amides is 1. The highest BCUT2D eigenvalue weighted by Gasteiger charge is 2.36. The number of benzene rings is 1. The van der Waals surface area contributed by atoms with Crippen LogP contribution in [0.2, 0.25) is 0 Å². The highest BCUT2D eigenvalue weighted by Crippen LogP contribution is 2.40. The van der Waals surface area contributed by atoms with Gasteiger partial charge in [0.2, 0.25) is 11.1 Å². The number of carbonyl (C=O) groups is 1. The quantitative estimate of drug-likeness (QED) is 0.351. The van der Waals surface area contributed by atoms with Crippen LogP contribution in [0.15, 0.2) is 52.1 Å². The Kier molecular flexibility index (Phi) is 6.48. The van der Waals surface area contributed by atoms with Crippen LogP contribution < -0.4 is 10.6 Å². The number of hydrogen-bond acceptors (Lipinski definition) is 6. The van der Waals surface area contributed by atoms with E-state index in [-0.39, 0.29) is 11.9 Å². The summed E-state index contributed by atoms with van der Waals surface area (Å²) in [5.74, 6) is 1.54. The van der Waals surface area contributed by atoms with E-state index in [2.05, 4.69) is 35.9 Å². The molecule has 0 aliphatic carbocycles. The third-order valence-electron chi connectivity index (χ3n) is 5.35. The van der Waals surface area contributed by atoms with Gasteiger partial charge in [0.15, 0.2) is 0 Å². The zero-order valence-corrected chi connectivity index (χ0v) is 19.9. The van der Waals surface area contributed by atoms with Gasteiger partial charge in [0.1, 0.15) is 6.04 Å². The molecule has 3 heterocycles. The van der Waals surface area contributed by atoms with Gasteiger partial charge in [-0.2, -0.15) is 4.98 Å². The molecule has 6 nitrogen and oxygen atoms in total. The van der Waals surface area contributed by atoms with E-state index in [9.17, 15) is 4.79 Å². The average molecular weight is 454 g/mol. The highest BCUT2D eigenvalue weighted by atomic mass is 32.2. The normalized spacial score (nSPS) is 15.5. The first-order valence-corrected chi connectivity index (χ1v) is 12.3. The van der Waals surface area contributed by atoms with Gasteiger partial charge in [-0.25, -0.2) is 4.68 Å². The van der Waals surface area contributed by atoms with E-state index >= 15 is 0 Å². The van der Waals surface area contributed by atoms with Gasteiger partial charge in [0, 0.05) is 22.0 Å². The zero-order chi connectivity index (χ0) is 22.0. The number of hydrogen-bond donors (Lipinski definition) is 2. The molecule has 0 spiro atoms. The number of unbranched alkanes of at least 4 members (excludes halogenated alkanes) is 1. The van der Waals surface area contributed by atoms with Crippen molar-refractivity contribution >= 4 is 40.6 Å². The Hall–Kier alpha value is -2.58. The maximum atomic E-state index is 13.5. The smallest absolute Gasteiger partial charge is 0.255 e. The predicted molar refractivity (Wildman–Crippen MR) is 129 cm³/mol. The maximum absolute atomic E-state index is 13.5. The molecule has 31 heavy (non-hydrogen) atoms. The van der Waals surface area contributed by atoms with Crippen LogP contribution in [0.1, 0.15) is 48.7 Å². The van der Waals surface area contributed by atoms with Crippen LogP contribution in [0, 0.1) is 13.8 Å². The molecule has 2 N–H and O–H groups in total. The molecule has 1 aliphatic heterocycles. The first kappa shape index (κ1) is 21.6. The van der Waals surface area contributed by atoms with Crippen LogP contribution in [0.25, 0.3) is 0 Å². The minimum absolute atomic E-state index is 0.126. The monoisotopic (exact) mass is 453 g/mol. The Labute approximate surface area is 191 Å². The molecule has 0 bridgehead atoms. The first-order chi connectivity index (χ1) is 15.0. The van der Waals surface area contributed by atoms with Crippen molar-refractivity contribution < 1.29 is 4.79 Å². The number of thiophene rings is 1. The number of aryl methyl sites for hydroxylation is 2. The van der Waals surface area contributed by atoms with Gasteiger partial charge in [-0.15, -0.1) is 16.4 Å². The first-order valence-electron chi connectivity index (χ1n) is 10.5. The van der Waals surface area contributed by atoms with Crippen molar-refractivity contribution in [1.29, 1.82) is 0 Å². The minimum Gasteiger partial charge on any atom is -0.328 e. The lowest BCUT2D eigenvalue weighted by molar-refractivity contribution is -0.113. The van der Waals surface area contributed by atoms with Crippen molar-refractivity contribution in [2.24, 2.45) is 0 Å². The number of anilines is 2. The zero-order valence-electron chi connectivity index (χ0n) is 18.2. The van der Waals surface area contributed by atoms with Crippen LogP contribution in [-0.4, -0.2) is 26.4 Å². The van der Waals surface area contributed by atoms with Crippen LogP contribution >= 0.6 is 23.1 Å². The van der Waals surface area contributed by atoms with Gasteiger partial charge in [-0.1, -0.05) is 43.3 Å². The van der Waals surface area contributed by atoms with Crippen molar-refractivity contribution in [1.82, 2.24) is 14.8 Å². The van der Waals surface area contributed by atoms with E-state index in [1.54, 1.807) is 23.1 Å². The molecule has 0 saturated carbocycles. The van der Waals surface area contributed by atoms with Crippen LogP contribution in [0.4, 0.5) is 11.6 Å². The molecule has 162 valence electrons.